The van der Waals surface area contributed by atoms with Crippen molar-refractivity contribution < 1.29 is 4.79 Å². The van der Waals surface area contributed by atoms with E-state index in [0.717, 1.165) is 41.9 Å². The largest absolute Gasteiger partial charge is 0.292 e. The van der Waals surface area contributed by atoms with Crippen LogP contribution in [0, 0.1) is 13.8 Å². The van der Waals surface area contributed by atoms with Gasteiger partial charge in [-0.25, -0.2) is 0 Å². The second-order valence-electron chi connectivity index (χ2n) is 5.96. The lowest BCUT2D eigenvalue weighted by atomic mass is 9.94. The lowest BCUT2D eigenvalue weighted by Gasteiger charge is -2.15. The highest BCUT2D eigenvalue weighted by Gasteiger charge is 2.15. The Bertz CT molecular complexity index is 702. The minimum atomic E-state index is 0.122. The molecule has 1 heterocycles. The number of hydrogen-bond donors (Lipinski definition) is 0. The molecule has 2 aromatic rings. The van der Waals surface area contributed by atoms with E-state index in [4.69, 9.17) is 0 Å². The molecule has 0 fully saturated rings. The summed E-state index contributed by atoms with van der Waals surface area (Å²) in [5.41, 5.74) is 4.89. The van der Waals surface area contributed by atoms with Gasteiger partial charge in [-0.05, 0) is 36.6 Å². The summed E-state index contributed by atoms with van der Waals surface area (Å²) in [4.78, 5) is 15.2. The van der Waals surface area contributed by atoms with Crippen LogP contribution in [-0.4, -0.2) is 23.8 Å². The minimum absolute atomic E-state index is 0.122. The maximum absolute atomic E-state index is 12.9. The van der Waals surface area contributed by atoms with Crippen LogP contribution in [0.4, 0.5) is 0 Å². The van der Waals surface area contributed by atoms with Crippen molar-refractivity contribution in [1.82, 2.24) is 4.90 Å². The first-order valence-electron chi connectivity index (χ1n) is 7.72. The van der Waals surface area contributed by atoms with Crippen LogP contribution in [-0.2, 0) is 6.54 Å². The summed E-state index contributed by atoms with van der Waals surface area (Å²) in [7, 11) is 0. The van der Waals surface area contributed by atoms with E-state index in [2.05, 4.69) is 23.1 Å². The maximum Gasteiger partial charge on any atom is 0.193 e. The van der Waals surface area contributed by atoms with Crippen molar-refractivity contribution in [1.29, 1.82) is 0 Å². The Kier molecular flexibility index (Phi) is 4.21. The maximum atomic E-state index is 12.9. The summed E-state index contributed by atoms with van der Waals surface area (Å²) >= 11 is 0. The van der Waals surface area contributed by atoms with Gasteiger partial charge in [0, 0.05) is 30.8 Å². The molecule has 0 unspecified atom stereocenters. The smallest absolute Gasteiger partial charge is 0.193 e. The standard InChI is InChI=1S/C20H21NO/c1-15-7-5-8-16(2)19(15)20(22)18-10-6-9-17(13-18)14-21-11-3-4-12-21/h3-10,13H,11-12,14H2,1-2H3. The molecule has 0 radical (unpaired) electrons. The third kappa shape index (κ3) is 3.02. The minimum Gasteiger partial charge on any atom is -0.292 e. The van der Waals surface area contributed by atoms with E-state index in [1.807, 2.05) is 50.2 Å². The average Bonchev–Trinajstić information content (AvgIpc) is 3.00. The van der Waals surface area contributed by atoms with Crippen molar-refractivity contribution in [2.24, 2.45) is 0 Å². The molecule has 2 nitrogen and oxygen atoms in total. The molecule has 0 aliphatic carbocycles. The number of nitrogens with zero attached hydrogens (tertiary/aromatic N) is 1. The van der Waals surface area contributed by atoms with Crippen LogP contribution in [0.1, 0.15) is 32.6 Å². The molecule has 0 saturated carbocycles. The van der Waals surface area contributed by atoms with Crippen LogP contribution >= 0.6 is 0 Å². The Morgan fingerprint density at radius 2 is 1.64 bits per heavy atom. The summed E-state index contributed by atoms with van der Waals surface area (Å²) in [5.74, 6) is 0.122. The van der Waals surface area contributed by atoms with Gasteiger partial charge in [-0.2, -0.15) is 0 Å². The SMILES string of the molecule is Cc1cccc(C)c1C(=O)c1cccc(CN2CC=CC2)c1. The third-order valence-electron chi connectivity index (χ3n) is 4.20. The molecule has 3 rings (SSSR count). The Labute approximate surface area is 132 Å². The predicted octanol–water partition coefficient (Wildman–Crippen LogP) is 3.91. The second kappa shape index (κ2) is 6.29. The third-order valence-corrected chi connectivity index (χ3v) is 4.20. The van der Waals surface area contributed by atoms with Crippen molar-refractivity contribution in [2.45, 2.75) is 20.4 Å². The fraction of sp³-hybridized carbons (Fsp3) is 0.250. The topological polar surface area (TPSA) is 20.3 Å². The van der Waals surface area contributed by atoms with Crippen molar-refractivity contribution in [3.8, 4) is 0 Å². The van der Waals surface area contributed by atoms with Crippen molar-refractivity contribution in [3.63, 3.8) is 0 Å². The van der Waals surface area contributed by atoms with E-state index in [1.165, 1.54) is 5.56 Å². The highest BCUT2D eigenvalue weighted by atomic mass is 16.1. The highest BCUT2D eigenvalue weighted by molar-refractivity contribution is 6.10. The van der Waals surface area contributed by atoms with E-state index in [9.17, 15) is 4.79 Å². The van der Waals surface area contributed by atoms with Gasteiger partial charge in [-0.3, -0.25) is 9.69 Å². The summed E-state index contributed by atoms with van der Waals surface area (Å²) in [6, 6.07) is 14.0. The molecule has 2 heteroatoms. The molecule has 1 aliphatic rings. The van der Waals surface area contributed by atoms with Crippen LogP contribution in [0.15, 0.2) is 54.6 Å². The van der Waals surface area contributed by atoms with Crippen molar-refractivity contribution in [3.05, 3.63) is 82.4 Å². The van der Waals surface area contributed by atoms with Crippen LogP contribution in [0.2, 0.25) is 0 Å². The summed E-state index contributed by atoms with van der Waals surface area (Å²) in [6.45, 7) is 6.88. The number of aryl methyl sites for hydroxylation is 2. The second-order valence-corrected chi connectivity index (χ2v) is 5.96. The van der Waals surface area contributed by atoms with E-state index in [1.54, 1.807) is 0 Å². The zero-order valence-electron chi connectivity index (χ0n) is 13.2. The van der Waals surface area contributed by atoms with Crippen molar-refractivity contribution in [2.75, 3.05) is 13.1 Å². The van der Waals surface area contributed by atoms with E-state index < -0.39 is 0 Å². The summed E-state index contributed by atoms with van der Waals surface area (Å²) in [6.07, 6.45) is 4.37. The lowest BCUT2D eigenvalue weighted by Crippen LogP contribution is -2.19. The quantitative estimate of drug-likeness (QED) is 0.629. The zero-order chi connectivity index (χ0) is 15.5. The first-order chi connectivity index (χ1) is 10.6. The van der Waals surface area contributed by atoms with E-state index in [0.29, 0.717) is 0 Å². The predicted molar refractivity (Wildman–Crippen MR) is 90.2 cm³/mol. The number of carbonyl (C=O) groups excluding carboxylic acids is 1. The molecule has 0 atom stereocenters. The van der Waals surface area contributed by atoms with Crippen LogP contribution in [0.25, 0.3) is 0 Å². The van der Waals surface area contributed by atoms with Gasteiger partial charge in [0.2, 0.25) is 0 Å². The summed E-state index contributed by atoms with van der Waals surface area (Å²) in [5, 5.41) is 0. The first-order valence-corrected chi connectivity index (χ1v) is 7.72. The lowest BCUT2D eigenvalue weighted by molar-refractivity contribution is 0.103. The van der Waals surface area contributed by atoms with Gasteiger partial charge in [-0.1, -0.05) is 48.6 Å². The average molecular weight is 291 g/mol. The first kappa shape index (κ1) is 14.7. The van der Waals surface area contributed by atoms with E-state index >= 15 is 0 Å². The number of benzene rings is 2. The number of rotatable bonds is 4. The normalized spacial score (nSPS) is 14.5. The zero-order valence-corrected chi connectivity index (χ0v) is 13.2. The Hall–Kier alpha value is -2.19. The molecular weight excluding hydrogens is 270 g/mol. The number of carbonyl (C=O) groups is 1. The molecule has 112 valence electrons. The Morgan fingerprint density at radius 3 is 2.32 bits per heavy atom. The fourth-order valence-corrected chi connectivity index (χ4v) is 3.04. The molecule has 0 N–H and O–H groups in total. The van der Waals surface area contributed by atoms with Crippen LogP contribution in [0.5, 0.6) is 0 Å². The van der Waals surface area contributed by atoms with Gasteiger partial charge in [0.15, 0.2) is 5.78 Å². The molecule has 2 aromatic carbocycles. The molecule has 0 aromatic heterocycles. The fourth-order valence-electron chi connectivity index (χ4n) is 3.04. The molecular formula is C20H21NO. The molecule has 0 spiro atoms. The van der Waals surface area contributed by atoms with E-state index in [-0.39, 0.29) is 5.78 Å². The van der Waals surface area contributed by atoms with Crippen LogP contribution < -0.4 is 0 Å². The van der Waals surface area contributed by atoms with Gasteiger partial charge >= 0.3 is 0 Å². The number of hydrogen-bond acceptors (Lipinski definition) is 2. The molecule has 0 amide bonds. The summed E-state index contributed by atoms with van der Waals surface area (Å²) < 4.78 is 0. The number of ketones is 1. The monoisotopic (exact) mass is 291 g/mol. The van der Waals surface area contributed by atoms with Crippen LogP contribution in [0.3, 0.4) is 0 Å². The molecule has 1 aliphatic heterocycles. The Morgan fingerprint density at radius 1 is 1.00 bits per heavy atom. The van der Waals surface area contributed by atoms with Gasteiger partial charge in [0.05, 0.1) is 0 Å². The Balaban J connectivity index is 1.86. The van der Waals surface area contributed by atoms with Gasteiger partial charge < -0.3 is 0 Å². The molecule has 22 heavy (non-hydrogen) atoms. The molecule has 0 saturated heterocycles. The van der Waals surface area contributed by atoms with Gasteiger partial charge in [0.1, 0.15) is 0 Å². The van der Waals surface area contributed by atoms with Gasteiger partial charge in [-0.15, -0.1) is 0 Å². The molecule has 0 bridgehead atoms. The highest BCUT2D eigenvalue weighted by Crippen LogP contribution is 2.19. The van der Waals surface area contributed by atoms with Gasteiger partial charge in [0.25, 0.3) is 0 Å². The van der Waals surface area contributed by atoms with Crippen molar-refractivity contribution >= 4 is 5.78 Å².